The highest BCUT2D eigenvalue weighted by atomic mass is 32.1. The molecule has 2 aliphatic heterocycles. The van der Waals surface area contributed by atoms with Crippen LogP contribution in [0.2, 0.25) is 0 Å². The highest BCUT2D eigenvalue weighted by Gasteiger charge is 2.51. The lowest BCUT2D eigenvalue weighted by molar-refractivity contribution is -0.131. The number of urea groups is 1. The molecule has 0 aliphatic carbocycles. The Bertz CT molecular complexity index is 981. The van der Waals surface area contributed by atoms with E-state index in [1.54, 1.807) is 30.0 Å². The molecule has 2 aromatic rings. The zero-order chi connectivity index (χ0) is 20.1. The number of rotatable bonds is 2. The van der Waals surface area contributed by atoms with Crippen molar-refractivity contribution < 1.29 is 18.8 Å². The number of nitrogens with one attached hydrogen (secondary N) is 1. The standard InChI is InChI=1S/C19H19FN4O3S/c1-11-14(28-15(21-11)12-5-3-4-6-13(12)20)16(25)24-9-7-19(8-10-24)17(26)23(2)18(27)22-19/h3-6H,7-10H2,1-2H3,(H,22,27). The van der Waals surface area contributed by atoms with Crippen LogP contribution in [-0.2, 0) is 4.79 Å². The minimum absolute atomic E-state index is 0.183. The Morgan fingerprint density at radius 3 is 2.54 bits per heavy atom. The summed E-state index contributed by atoms with van der Waals surface area (Å²) in [4.78, 5) is 44.7. The molecule has 4 rings (SSSR count). The van der Waals surface area contributed by atoms with Crippen molar-refractivity contribution in [2.75, 3.05) is 20.1 Å². The van der Waals surface area contributed by atoms with E-state index in [0.29, 0.717) is 47.1 Å². The second kappa shape index (κ2) is 6.66. The molecule has 1 spiro atoms. The minimum Gasteiger partial charge on any atom is -0.338 e. The number of piperidine rings is 1. The number of carbonyl (C=O) groups excluding carboxylic acids is 3. The van der Waals surface area contributed by atoms with Crippen molar-refractivity contribution >= 4 is 29.2 Å². The first kappa shape index (κ1) is 18.5. The molecule has 0 saturated carbocycles. The lowest BCUT2D eigenvalue weighted by Gasteiger charge is -2.37. The van der Waals surface area contributed by atoms with Gasteiger partial charge in [-0.2, -0.15) is 0 Å². The number of imide groups is 1. The number of carbonyl (C=O) groups is 3. The van der Waals surface area contributed by atoms with Crippen LogP contribution in [0.4, 0.5) is 9.18 Å². The monoisotopic (exact) mass is 402 g/mol. The van der Waals surface area contributed by atoms with Crippen LogP contribution in [0.5, 0.6) is 0 Å². The van der Waals surface area contributed by atoms with E-state index in [1.165, 1.54) is 24.5 Å². The largest absolute Gasteiger partial charge is 0.338 e. The molecule has 0 bridgehead atoms. The molecule has 0 radical (unpaired) electrons. The zero-order valence-electron chi connectivity index (χ0n) is 15.5. The van der Waals surface area contributed by atoms with Gasteiger partial charge in [-0.25, -0.2) is 14.2 Å². The van der Waals surface area contributed by atoms with E-state index in [2.05, 4.69) is 10.3 Å². The molecule has 7 nitrogen and oxygen atoms in total. The Balaban J connectivity index is 1.52. The molecule has 3 heterocycles. The third-order valence-electron chi connectivity index (χ3n) is 5.36. The number of halogens is 1. The van der Waals surface area contributed by atoms with Crippen LogP contribution in [0.15, 0.2) is 24.3 Å². The van der Waals surface area contributed by atoms with Gasteiger partial charge in [0, 0.05) is 25.7 Å². The van der Waals surface area contributed by atoms with Crippen molar-refractivity contribution in [2.24, 2.45) is 0 Å². The second-order valence-corrected chi connectivity index (χ2v) is 8.08. The third kappa shape index (κ3) is 2.86. The zero-order valence-corrected chi connectivity index (χ0v) is 16.3. The van der Waals surface area contributed by atoms with Crippen LogP contribution in [0.1, 0.15) is 28.2 Å². The van der Waals surface area contributed by atoms with E-state index in [9.17, 15) is 18.8 Å². The third-order valence-corrected chi connectivity index (χ3v) is 6.54. The van der Waals surface area contributed by atoms with Crippen LogP contribution >= 0.6 is 11.3 Å². The molecule has 146 valence electrons. The number of aryl methyl sites for hydroxylation is 1. The molecule has 2 fully saturated rings. The average Bonchev–Trinajstić information content (AvgIpc) is 3.16. The quantitative estimate of drug-likeness (QED) is 0.782. The van der Waals surface area contributed by atoms with Gasteiger partial charge in [-0.05, 0) is 31.9 Å². The second-order valence-electron chi connectivity index (χ2n) is 7.08. The molecule has 9 heteroatoms. The number of amides is 4. The molecule has 0 unspecified atom stereocenters. The molecular weight excluding hydrogens is 383 g/mol. The van der Waals surface area contributed by atoms with Gasteiger partial charge < -0.3 is 10.2 Å². The molecular formula is C19H19FN4O3S. The maximum atomic E-state index is 14.0. The smallest absolute Gasteiger partial charge is 0.324 e. The first-order chi connectivity index (χ1) is 13.3. The highest BCUT2D eigenvalue weighted by molar-refractivity contribution is 7.17. The number of thiazole rings is 1. The predicted octanol–water partition coefficient (Wildman–Crippen LogP) is 2.41. The van der Waals surface area contributed by atoms with Crippen LogP contribution in [0, 0.1) is 12.7 Å². The van der Waals surface area contributed by atoms with E-state index in [0.717, 1.165) is 4.90 Å². The van der Waals surface area contributed by atoms with Crippen molar-refractivity contribution in [2.45, 2.75) is 25.3 Å². The fourth-order valence-electron chi connectivity index (χ4n) is 3.67. The van der Waals surface area contributed by atoms with Crippen molar-refractivity contribution in [3.8, 4) is 10.6 Å². The molecule has 4 amide bonds. The first-order valence-corrected chi connectivity index (χ1v) is 9.76. The topological polar surface area (TPSA) is 82.6 Å². The Labute approximate surface area is 165 Å². The van der Waals surface area contributed by atoms with E-state index in [1.807, 2.05) is 0 Å². The number of nitrogens with zero attached hydrogens (tertiary/aromatic N) is 3. The summed E-state index contributed by atoms with van der Waals surface area (Å²) in [5.41, 5.74) is 0.0111. The highest BCUT2D eigenvalue weighted by Crippen LogP contribution is 2.33. The fourth-order valence-corrected chi connectivity index (χ4v) is 4.74. The van der Waals surface area contributed by atoms with Gasteiger partial charge in [0.15, 0.2) is 0 Å². The van der Waals surface area contributed by atoms with Gasteiger partial charge in [0.25, 0.3) is 11.8 Å². The molecule has 1 aromatic carbocycles. The van der Waals surface area contributed by atoms with Crippen LogP contribution in [-0.4, -0.2) is 58.3 Å². The summed E-state index contributed by atoms with van der Waals surface area (Å²) in [6, 6.07) is 5.93. The molecule has 2 aliphatic rings. The van der Waals surface area contributed by atoms with Gasteiger partial charge in [0.05, 0.1) is 5.69 Å². The predicted molar refractivity (Wildman–Crippen MR) is 101 cm³/mol. The van der Waals surface area contributed by atoms with E-state index >= 15 is 0 Å². The Hall–Kier alpha value is -2.81. The fraction of sp³-hybridized carbons (Fsp3) is 0.368. The van der Waals surface area contributed by atoms with Crippen molar-refractivity contribution in [1.82, 2.24) is 20.1 Å². The molecule has 1 aromatic heterocycles. The SMILES string of the molecule is Cc1nc(-c2ccccc2F)sc1C(=O)N1CCC2(CC1)NC(=O)N(C)C2=O. The van der Waals surface area contributed by atoms with Gasteiger partial charge in [-0.1, -0.05) is 12.1 Å². The van der Waals surface area contributed by atoms with Gasteiger partial charge in [-0.3, -0.25) is 14.5 Å². The number of benzene rings is 1. The van der Waals surface area contributed by atoms with Gasteiger partial charge in [0.2, 0.25) is 0 Å². The summed E-state index contributed by atoms with van der Waals surface area (Å²) in [6.07, 6.45) is 0.733. The van der Waals surface area contributed by atoms with E-state index < -0.39 is 11.6 Å². The number of hydrogen-bond donors (Lipinski definition) is 1. The Kier molecular flexibility index (Phi) is 4.41. The lowest BCUT2D eigenvalue weighted by Crippen LogP contribution is -2.55. The summed E-state index contributed by atoms with van der Waals surface area (Å²) < 4.78 is 14.0. The van der Waals surface area contributed by atoms with Crippen molar-refractivity contribution in [3.05, 3.63) is 40.7 Å². The summed E-state index contributed by atoms with van der Waals surface area (Å²) in [7, 11) is 1.45. The van der Waals surface area contributed by atoms with Gasteiger partial charge in [0.1, 0.15) is 21.2 Å². The first-order valence-electron chi connectivity index (χ1n) is 8.94. The summed E-state index contributed by atoms with van der Waals surface area (Å²) in [5.74, 6) is -0.812. The van der Waals surface area contributed by atoms with Crippen LogP contribution in [0.3, 0.4) is 0 Å². The molecule has 2 saturated heterocycles. The number of aromatic nitrogens is 1. The molecule has 28 heavy (non-hydrogen) atoms. The van der Waals surface area contributed by atoms with Crippen LogP contribution < -0.4 is 5.32 Å². The van der Waals surface area contributed by atoms with E-state index in [-0.39, 0.29) is 17.6 Å². The van der Waals surface area contributed by atoms with Crippen molar-refractivity contribution in [3.63, 3.8) is 0 Å². The summed E-state index contributed by atoms with van der Waals surface area (Å²) in [5, 5.41) is 3.22. The minimum atomic E-state index is -0.913. The van der Waals surface area contributed by atoms with Gasteiger partial charge >= 0.3 is 6.03 Å². The van der Waals surface area contributed by atoms with E-state index in [4.69, 9.17) is 0 Å². The van der Waals surface area contributed by atoms with Gasteiger partial charge in [-0.15, -0.1) is 11.3 Å². The molecule has 0 atom stereocenters. The van der Waals surface area contributed by atoms with Crippen LogP contribution in [0.25, 0.3) is 10.6 Å². The average molecular weight is 402 g/mol. The van der Waals surface area contributed by atoms with Crippen molar-refractivity contribution in [1.29, 1.82) is 0 Å². The summed E-state index contributed by atoms with van der Waals surface area (Å²) in [6.45, 7) is 2.44. The summed E-state index contributed by atoms with van der Waals surface area (Å²) >= 11 is 1.17. The number of likely N-dealkylation sites (N-methyl/N-ethyl adjacent to an activating group) is 1. The number of hydrogen-bond acceptors (Lipinski definition) is 5. The molecule has 1 N–H and O–H groups in total. The Morgan fingerprint density at radius 2 is 1.93 bits per heavy atom. The maximum absolute atomic E-state index is 14.0. The normalized spacial score (nSPS) is 18.7. The maximum Gasteiger partial charge on any atom is 0.324 e. The Morgan fingerprint density at radius 1 is 1.25 bits per heavy atom. The lowest BCUT2D eigenvalue weighted by atomic mass is 9.87. The number of likely N-dealkylation sites (tertiary alicyclic amines) is 1.